The number of nitro benzene ring substituents is 1. The van der Waals surface area contributed by atoms with Crippen LogP contribution in [-0.2, 0) is 14.8 Å². The molecule has 1 aliphatic rings. The Hall–Kier alpha value is -2.20. The SMILES string of the molecule is CC(C)(C)OC(=O)NCC1(CNS(=O)(=O)c2ccccc2[N+](=O)[O-])CC1. The molecule has 1 aromatic rings. The van der Waals surface area contributed by atoms with Crippen LogP contribution >= 0.6 is 0 Å². The summed E-state index contributed by atoms with van der Waals surface area (Å²) in [7, 11) is -4.03. The van der Waals surface area contributed by atoms with Gasteiger partial charge in [0.1, 0.15) is 5.60 Å². The van der Waals surface area contributed by atoms with Crippen molar-refractivity contribution >= 4 is 21.8 Å². The number of hydrogen-bond acceptors (Lipinski definition) is 6. The molecule has 144 valence electrons. The number of alkyl carbamates (subject to hydrolysis) is 1. The van der Waals surface area contributed by atoms with Crippen molar-refractivity contribution in [3.05, 3.63) is 34.4 Å². The summed E-state index contributed by atoms with van der Waals surface area (Å²) in [5.74, 6) is 0. The minimum absolute atomic E-state index is 0.0805. The normalized spacial score (nSPS) is 16.0. The Labute approximate surface area is 152 Å². The number of carbonyl (C=O) groups excluding carboxylic acids is 1. The van der Waals surface area contributed by atoms with Crippen LogP contribution in [0.25, 0.3) is 0 Å². The summed E-state index contributed by atoms with van der Waals surface area (Å²) in [6.45, 7) is 5.60. The van der Waals surface area contributed by atoms with E-state index >= 15 is 0 Å². The molecule has 26 heavy (non-hydrogen) atoms. The predicted molar refractivity (Wildman–Crippen MR) is 94.2 cm³/mol. The molecule has 1 amide bonds. The van der Waals surface area contributed by atoms with Gasteiger partial charge in [-0.1, -0.05) is 12.1 Å². The van der Waals surface area contributed by atoms with Crippen LogP contribution in [0.3, 0.4) is 0 Å². The Morgan fingerprint density at radius 1 is 1.27 bits per heavy atom. The Balaban J connectivity index is 1.97. The van der Waals surface area contributed by atoms with Gasteiger partial charge in [-0.25, -0.2) is 17.9 Å². The van der Waals surface area contributed by atoms with E-state index in [1.807, 2.05) is 0 Å². The molecule has 0 aliphatic heterocycles. The van der Waals surface area contributed by atoms with Crippen LogP contribution in [0.2, 0.25) is 0 Å². The van der Waals surface area contributed by atoms with Crippen molar-refractivity contribution in [1.29, 1.82) is 0 Å². The van der Waals surface area contributed by atoms with Crippen molar-refractivity contribution in [2.24, 2.45) is 5.41 Å². The van der Waals surface area contributed by atoms with Crippen LogP contribution in [-0.4, -0.2) is 38.1 Å². The summed E-state index contributed by atoms with van der Waals surface area (Å²) >= 11 is 0. The fraction of sp³-hybridized carbons (Fsp3) is 0.562. The lowest BCUT2D eigenvalue weighted by atomic mass is 10.1. The first-order valence-corrected chi connectivity index (χ1v) is 9.62. The van der Waals surface area contributed by atoms with Crippen molar-refractivity contribution < 1.29 is 22.9 Å². The third kappa shape index (κ3) is 5.40. The third-order valence-corrected chi connectivity index (χ3v) is 5.40. The van der Waals surface area contributed by atoms with Crippen LogP contribution in [0.15, 0.2) is 29.2 Å². The predicted octanol–water partition coefficient (Wildman–Crippen LogP) is 2.18. The minimum atomic E-state index is -4.03. The second-order valence-electron chi connectivity index (χ2n) is 7.40. The van der Waals surface area contributed by atoms with Gasteiger partial charge in [0.25, 0.3) is 5.69 Å². The molecule has 0 aromatic heterocycles. The molecule has 2 rings (SSSR count). The molecule has 2 N–H and O–H groups in total. The molecule has 1 fully saturated rings. The third-order valence-electron chi connectivity index (χ3n) is 3.95. The first-order chi connectivity index (χ1) is 11.9. The summed E-state index contributed by atoms with van der Waals surface area (Å²) in [6, 6.07) is 5.17. The molecule has 9 nitrogen and oxygen atoms in total. The Bertz CT molecular complexity index is 796. The molecule has 0 bridgehead atoms. The maximum absolute atomic E-state index is 12.4. The molecular weight excluding hydrogens is 362 g/mol. The lowest BCUT2D eigenvalue weighted by Gasteiger charge is -2.22. The van der Waals surface area contributed by atoms with Gasteiger partial charge in [0, 0.05) is 24.6 Å². The van der Waals surface area contributed by atoms with Crippen molar-refractivity contribution in [2.45, 2.75) is 44.1 Å². The average molecular weight is 385 g/mol. The molecule has 0 atom stereocenters. The molecule has 0 saturated heterocycles. The lowest BCUT2D eigenvalue weighted by Crippen LogP contribution is -2.40. The first kappa shape index (κ1) is 20.1. The number of nitrogens with one attached hydrogen (secondary N) is 2. The van der Waals surface area contributed by atoms with Crippen LogP contribution < -0.4 is 10.0 Å². The highest BCUT2D eigenvalue weighted by molar-refractivity contribution is 7.89. The van der Waals surface area contributed by atoms with Gasteiger partial charge in [0.2, 0.25) is 10.0 Å². The lowest BCUT2D eigenvalue weighted by molar-refractivity contribution is -0.387. The molecule has 0 heterocycles. The summed E-state index contributed by atoms with van der Waals surface area (Å²) in [5, 5.41) is 13.7. The summed E-state index contributed by atoms with van der Waals surface area (Å²) < 4.78 is 32.4. The zero-order chi connectivity index (χ0) is 19.6. The highest BCUT2D eigenvalue weighted by Gasteiger charge is 2.44. The van der Waals surface area contributed by atoms with E-state index in [1.54, 1.807) is 20.8 Å². The van der Waals surface area contributed by atoms with Crippen LogP contribution in [0, 0.1) is 15.5 Å². The minimum Gasteiger partial charge on any atom is -0.444 e. The van der Waals surface area contributed by atoms with Gasteiger partial charge in [-0.2, -0.15) is 0 Å². The average Bonchev–Trinajstić information content (AvgIpc) is 3.30. The van der Waals surface area contributed by atoms with Gasteiger partial charge in [-0.3, -0.25) is 10.1 Å². The summed E-state index contributed by atoms with van der Waals surface area (Å²) in [4.78, 5) is 21.6. The van der Waals surface area contributed by atoms with E-state index in [-0.39, 0.29) is 18.0 Å². The maximum Gasteiger partial charge on any atom is 0.407 e. The molecule has 1 aliphatic carbocycles. The molecule has 1 saturated carbocycles. The van der Waals surface area contributed by atoms with E-state index in [2.05, 4.69) is 10.0 Å². The smallest absolute Gasteiger partial charge is 0.407 e. The van der Waals surface area contributed by atoms with Crippen molar-refractivity contribution in [3.63, 3.8) is 0 Å². The molecule has 0 spiro atoms. The number of hydrogen-bond donors (Lipinski definition) is 2. The zero-order valence-electron chi connectivity index (χ0n) is 14.9. The summed E-state index contributed by atoms with van der Waals surface area (Å²) in [6.07, 6.45) is 0.912. The molecule has 1 aromatic carbocycles. The number of ether oxygens (including phenoxy) is 1. The standard InChI is InChI=1S/C16H23N3O6S/c1-15(2,3)25-14(20)17-10-16(8-9-16)11-18-26(23,24)13-7-5-4-6-12(13)19(21)22/h4-7,18H,8-11H2,1-3H3,(H,17,20). The highest BCUT2D eigenvalue weighted by atomic mass is 32.2. The van der Waals surface area contributed by atoms with Crippen LogP contribution in [0.1, 0.15) is 33.6 Å². The van der Waals surface area contributed by atoms with Crippen molar-refractivity contribution in [2.75, 3.05) is 13.1 Å². The Kier molecular flexibility index (Phi) is 5.57. The molecular formula is C16H23N3O6S. The number of rotatable bonds is 7. The van der Waals surface area contributed by atoms with E-state index in [1.165, 1.54) is 18.2 Å². The number of amides is 1. The van der Waals surface area contributed by atoms with E-state index in [9.17, 15) is 23.3 Å². The number of sulfonamides is 1. The van der Waals surface area contributed by atoms with Gasteiger partial charge >= 0.3 is 6.09 Å². The number of benzene rings is 1. The number of para-hydroxylation sites is 1. The zero-order valence-corrected chi connectivity index (χ0v) is 15.8. The number of carbonyl (C=O) groups is 1. The van der Waals surface area contributed by atoms with Gasteiger partial charge in [-0.15, -0.1) is 0 Å². The van der Waals surface area contributed by atoms with E-state index in [4.69, 9.17) is 4.74 Å². The molecule has 0 unspecified atom stereocenters. The maximum atomic E-state index is 12.4. The van der Waals surface area contributed by atoms with Gasteiger partial charge < -0.3 is 10.1 Å². The van der Waals surface area contributed by atoms with Gasteiger partial charge in [0.05, 0.1) is 4.92 Å². The van der Waals surface area contributed by atoms with E-state index in [0.717, 1.165) is 18.9 Å². The molecule has 10 heteroatoms. The van der Waals surface area contributed by atoms with Crippen molar-refractivity contribution in [3.8, 4) is 0 Å². The first-order valence-electron chi connectivity index (χ1n) is 8.14. The Morgan fingerprint density at radius 3 is 2.42 bits per heavy atom. The topological polar surface area (TPSA) is 128 Å². The Morgan fingerprint density at radius 2 is 1.88 bits per heavy atom. The largest absolute Gasteiger partial charge is 0.444 e. The highest BCUT2D eigenvalue weighted by Crippen LogP contribution is 2.44. The fourth-order valence-electron chi connectivity index (χ4n) is 2.33. The number of nitro groups is 1. The van der Waals surface area contributed by atoms with Crippen LogP contribution in [0.5, 0.6) is 0 Å². The fourth-order valence-corrected chi connectivity index (χ4v) is 3.66. The van der Waals surface area contributed by atoms with Gasteiger partial charge in [0.15, 0.2) is 4.90 Å². The van der Waals surface area contributed by atoms with Gasteiger partial charge in [-0.05, 0) is 39.7 Å². The molecule has 0 radical (unpaired) electrons. The quantitative estimate of drug-likeness (QED) is 0.547. The van der Waals surface area contributed by atoms with E-state index < -0.39 is 37.7 Å². The van der Waals surface area contributed by atoms with Crippen LogP contribution in [0.4, 0.5) is 10.5 Å². The monoisotopic (exact) mass is 385 g/mol. The van der Waals surface area contributed by atoms with E-state index in [0.29, 0.717) is 0 Å². The second kappa shape index (κ2) is 7.20. The number of nitrogens with zero attached hydrogens (tertiary/aromatic N) is 1. The second-order valence-corrected chi connectivity index (χ2v) is 9.14. The summed E-state index contributed by atoms with van der Waals surface area (Å²) in [5.41, 5.74) is -1.49. The van der Waals surface area contributed by atoms with Crippen molar-refractivity contribution in [1.82, 2.24) is 10.0 Å².